The van der Waals surface area contributed by atoms with Crippen LogP contribution in [-0.4, -0.2) is 20.9 Å². The van der Waals surface area contributed by atoms with E-state index in [4.69, 9.17) is 29.0 Å². The molecule has 0 aliphatic rings. The molecule has 128 valence electrons. The standard InChI is InChI=1S/C14H12Cl2FN3O3S/c15-9-5-10(16)7-12(6-9)20(8-14(21)19-18)24(22,23)13-3-1-11(17)2-4-13/h1-7H,8,18H2,(H,19,21). The van der Waals surface area contributed by atoms with Gasteiger partial charge in [-0.1, -0.05) is 23.2 Å². The number of hydrazine groups is 1. The molecule has 0 saturated carbocycles. The van der Waals surface area contributed by atoms with Crippen LogP contribution >= 0.6 is 23.2 Å². The Hall–Kier alpha value is -1.87. The lowest BCUT2D eigenvalue weighted by molar-refractivity contribution is -0.119. The van der Waals surface area contributed by atoms with Gasteiger partial charge < -0.3 is 0 Å². The van der Waals surface area contributed by atoms with Gasteiger partial charge in [0, 0.05) is 10.0 Å². The largest absolute Gasteiger partial charge is 0.293 e. The number of nitrogens with zero attached hydrogens (tertiary/aromatic N) is 1. The molecule has 0 fully saturated rings. The Morgan fingerprint density at radius 2 is 1.67 bits per heavy atom. The zero-order valence-electron chi connectivity index (χ0n) is 12.0. The molecule has 0 heterocycles. The van der Waals surface area contributed by atoms with Crippen LogP contribution in [0.1, 0.15) is 0 Å². The number of rotatable bonds is 5. The predicted octanol–water partition coefficient (Wildman–Crippen LogP) is 2.32. The van der Waals surface area contributed by atoms with E-state index in [-0.39, 0.29) is 20.6 Å². The van der Waals surface area contributed by atoms with Crippen molar-refractivity contribution >= 4 is 44.8 Å². The van der Waals surface area contributed by atoms with Crippen LogP contribution in [0.2, 0.25) is 10.0 Å². The average Bonchev–Trinajstić information content (AvgIpc) is 2.51. The van der Waals surface area contributed by atoms with Crippen LogP contribution < -0.4 is 15.6 Å². The molecule has 2 aromatic carbocycles. The van der Waals surface area contributed by atoms with Crippen LogP contribution in [0.3, 0.4) is 0 Å². The zero-order valence-corrected chi connectivity index (χ0v) is 14.4. The molecule has 10 heteroatoms. The lowest BCUT2D eigenvalue weighted by Gasteiger charge is -2.24. The van der Waals surface area contributed by atoms with Crippen LogP contribution in [0, 0.1) is 5.82 Å². The van der Waals surface area contributed by atoms with E-state index in [0.717, 1.165) is 28.6 Å². The lowest BCUT2D eigenvalue weighted by Crippen LogP contribution is -2.43. The summed E-state index contributed by atoms with van der Waals surface area (Å²) in [7, 11) is -4.18. The van der Waals surface area contributed by atoms with Crippen molar-refractivity contribution in [2.75, 3.05) is 10.8 Å². The van der Waals surface area contributed by atoms with Crippen LogP contribution in [-0.2, 0) is 14.8 Å². The third kappa shape index (κ3) is 4.15. The van der Waals surface area contributed by atoms with Gasteiger partial charge in [0.25, 0.3) is 15.9 Å². The Labute approximate surface area is 148 Å². The van der Waals surface area contributed by atoms with E-state index in [1.54, 1.807) is 0 Å². The Morgan fingerprint density at radius 1 is 1.12 bits per heavy atom. The molecule has 2 rings (SSSR count). The van der Waals surface area contributed by atoms with E-state index < -0.39 is 28.3 Å². The average molecular weight is 392 g/mol. The van der Waals surface area contributed by atoms with Gasteiger partial charge in [-0.05, 0) is 42.5 Å². The van der Waals surface area contributed by atoms with E-state index in [1.807, 2.05) is 5.43 Å². The molecule has 0 radical (unpaired) electrons. The number of carbonyl (C=O) groups is 1. The van der Waals surface area contributed by atoms with Crippen LogP contribution in [0.5, 0.6) is 0 Å². The SMILES string of the molecule is NNC(=O)CN(c1cc(Cl)cc(Cl)c1)S(=O)(=O)c1ccc(F)cc1. The molecule has 2 aromatic rings. The highest BCUT2D eigenvalue weighted by Crippen LogP contribution is 2.29. The Bertz CT molecular complexity index is 840. The van der Waals surface area contributed by atoms with Crippen molar-refractivity contribution in [1.29, 1.82) is 0 Å². The first kappa shape index (κ1) is 18.5. The minimum atomic E-state index is -4.18. The molecule has 0 aliphatic carbocycles. The van der Waals surface area contributed by atoms with Gasteiger partial charge in [-0.2, -0.15) is 0 Å². The predicted molar refractivity (Wildman–Crippen MR) is 89.7 cm³/mol. The topological polar surface area (TPSA) is 92.5 Å². The van der Waals surface area contributed by atoms with Crippen molar-refractivity contribution in [1.82, 2.24) is 5.43 Å². The molecule has 0 spiro atoms. The fourth-order valence-electron chi connectivity index (χ4n) is 1.91. The van der Waals surface area contributed by atoms with Crippen molar-refractivity contribution in [3.8, 4) is 0 Å². The number of anilines is 1. The van der Waals surface area contributed by atoms with Crippen LogP contribution in [0.4, 0.5) is 10.1 Å². The van der Waals surface area contributed by atoms with Gasteiger partial charge in [-0.25, -0.2) is 18.7 Å². The van der Waals surface area contributed by atoms with Crippen LogP contribution in [0.25, 0.3) is 0 Å². The summed E-state index contributed by atoms with van der Waals surface area (Å²) in [4.78, 5) is 11.4. The summed E-state index contributed by atoms with van der Waals surface area (Å²) in [5, 5.41) is 0.370. The number of hydrogen-bond donors (Lipinski definition) is 2. The minimum absolute atomic E-state index is 0.0698. The first-order chi connectivity index (χ1) is 11.2. The number of halogens is 3. The van der Waals surface area contributed by atoms with Gasteiger partial charge in [-0.15, -0.1) is 0 Å². The second-order valence-corrected chi connectivity index (χ2v) is 7.40. The number of nitrogens with one attached hydrogen (secondary N) is 1. The summed E-state index contributed by atoms with van der Waals surface area (Å²) in [5.41, 5.74) is 1.93. The summed E-state index contributed by atoms with van der Waals surface area (Å²) >= 11 is 11.8. The monoisotopic (exact) mass is 391 g/mol. The second-order valence-electron chi connectivity index (χ2n) is 4.66. The molecule has 0 aromatic heterocycles. The third-order valence-electron chi connectivity index (χ3n) is 2.99. The number of hydrogen-bond acceptors (Lipinski definition) is 4. The molecule has 0 aliphatic heterocycles. The van der Waals surface area contributed by atoms with Crippen LogP contribution in [0.15, 0.2) is 47.4 Å². The number of nitrogens with two attached hydrogens (primary N) is 1. The number of amides is 1. The van der Waals surface area contributed by atoms with Gasteiger partial charge in [0.2, 0.25) is 0 Å². The number of carbonyl (C=O) groups excluding carboxylic acids is 1. The molecular weight excluding hydrogens is 380 g/mol. The molecular formula is C14H12Cl2FN3O3S. The molecule has 1 amide bonds. The first-order valence-electron chi connectivity index (χ1n) is 6.48. The maximum Gasteiger partial charge on any atom is 0.264 e. The third-order valence-corrected chi connectivity index (χ3v) is 5.21. The fraction of sp³-hybridized carbons (Fsp3) is 0.0714. The highest BCUT2D eigenvalue weighted by molar-refractivity contribution is 7.92. The maximum absolute atomic E-state index is 13.0. The normalized spacial score (nSPS) is 11.2. The summed E-state index contributed by atoms with van der Waals surface area (Å²) < 4.78 is 39.5. The van der Waals surface area contributed by atoms with Gasteiger partial charge in [0.15, 0.2) is 0 Å². The van der Waals surface area contributed by atoms with Crippen molar-refractivity contribution in [3.63, 3.8) is 0 Å². The van der Waals surface area contributed by atoms with Crippen molar-refractivity contribution in [3.05, 3.63) is 58.3 Å². The van der Waals surface area contributed by atoms with Crippen molar-refractivity contribution < 1.29 is 17.6 Å². The highest BCUT2D eigenvalue weighted by atomic mass is 35.5. The maximum atomic E-state index is 13.0. The van der Waals surface area contributed by atoms with Gasteiger partial charge >= 0.3 is 0 Å². The number of benzene rings is 2. The van der Waals surface area contributed by atoms with E-state index in [1.165, 1.54) is 18.2 Å². The van der Waals surface area contributed by atoms with E-state index in [0.29, 0.717) is 0 Å². The fourth-order valence-corrected chi connectivity index (χ4v) is 3.83. The summed E-state index contributed by atoms with van der Waals surface area (Å²) in [6.07, 6.45) is 0. The molecule has 0 unspecified atom stereocenters. The lowest BCUT2D eigenvalue weighted by atomic mass is 10.3. The second kappa shape index (κ2) is 7.35. The Kier molecular flexibility index (Phi) is 5.66. The summed E-state index contributed by atoms with van der Waals surface area (Å²) in [5.74, 6) is 3.69. The van der Waals surface area contributed by atoms with E-state index >= 15 is 0 Å². The summed E-state index contributed by atoms with van der Waals surface area (Å²) in [6.45, 7) is -0.604. The molecule has 0 bridgehead atoms. The quantitative estimate of drug-likeness (QED) is 0.464. The Balaban J connectivity index is 2.56. The van der Waals surface area contributed by atoms with Gasteiger partial charge in [0.05, 0.1) is 10.6 Å². The van der Waals surface area contributed by atoms with E-state index in [9.17, 15) is 17.6 Å². The molecule has 6 nitrogen and oxygen atoms in total. The molecule has 0 saturated heterocycles. The van der Waals surface area contributed by atoms with Gasteiger partial charge in [-0.3, -0.25) is 14.5 Å². The highest BCUT2D eigenvalue weighted by Gasteiger charge is 2.27. The smallest absolute Gasteiger partial charge is 0.264 e. The van der Waals surface area contributed by atoms with Crippen molar-refractivity contribution in [2.24, 2.45) is 5.84 Å². The number of sulfonamides is 1. The Morgan fingerprint density at radius 3 is 2.17 bits per heavy atom. The van der Waals surface area contributed by atoms with Gasteiger partial charge in [0.1, 0.15) is 12.4 Å². The first-order valence-corrected chi connectivity index (χ1v) is 8.67. The molecule has 0 atom stereocenters. The summed E-state index contributed by atoms with van der Waals surface area (Å²) in [6, 6.07) is 8.25. The van der Waals surface area contributed by atoms with Crippen molar-refractivity contribution in [2.45, 2.75) is 4.90 Å². The minimum Gasteiger partial charge on any atom is -0.293 e. The van der Waals surface area contributed by atoms with E-state index in [2.05, 4.69) is 0 Å². The molecule has 24 heavy (non-hydrogen) atoms. The zero-order chi connectivity index (χ0) is 17.9. The molecule has 3 N–H and O–H groups in total.